The highest BCUT2D eigenvalue weighted by atomic mass is 16.4. The first-order valence-electron chi connectivity index (χ1n) is 10.1. The third-order valence-corrected chi connectivity index (χ3v) is 5.13. The van der Waals surface area contributed by atoms with Gasteiger partial charge in [0.25, 0.3) is 0 Å². The Bertz CT molecular complexity index is 1510. The van der Waals surface area contributed by atoms with Crippen molar-refractivity contribution in [3.05, 3.63) is 72.1 Å². The second-order valence-electron chi connectivity index (χ2n) is 7.41. The fraction of sp³-hybridized carbons (Fsp3) is 0. The van der Waals surface area contributed by atoms with Gasteiger partial charge < -0.3 is 20.4 Å². The second kappa shape index (κ2) is 8.60. The number of aromatic hydroxyl groups is 2. The van der Waals surface area contributed by atoms with E-state index < -0.39 is 23.4 Å². The topological polar surface area (TPSA) is 202 Å². The normalized spacial score (nSPS) is 10.9. The number of hydrogen-bond donors (Lipinski definition) is 4. The first kappa shape index (κ1) is 22.1. The highest BCUT2D eigenvalue weighted by Crippen LogP contribution is 2.24. The number of hydrogen-bond acceptors (Lipinski definition) is 10. The first-order chi connectivity index (χ1) is 17.3. The third kappa shape index (κ3) is 4.05. The summed E-state index contributed by atoms with van der Waals surface area (Å²) >= 11 is 0. The van der Waals surface area contributed by atoms with Crippen molar-refractivity contribution < 1.29 is 30.0 Å². The molecule has 0 saturated heterocycles. The zero-order chi connectivity index (χ0) is 25.4. The van der Waals surface area contributed by atoms with E-state index in [1.165, 1.54) is 45.8 Å². The fourth-order valence-corrected chi connectivity index (χ4v) is 3.31. The van der Waals surface area contributed by atoms with E-state index >= 15 is 0 Å². The van der Waals surface area contributed by atoms with Crippen molar-refractivity contribution in [2.24, 2.45) is 0 Å². The molecule has 0 atom stereocenters. The van der Waals surface area contributed by atoms with Crippen molar-refractivity contribution >= 4 is 11.9 Å². The Labute approximate surface area is 200 Å². The van der Waals surface area contributed by atoms with Crippen molar-refractivity contribution in [3.63, 3.8) is 0 Å². The predicted molar refractivity (Wildman–Crippen MR) is 120 cm³/mol. The molecule has 36 heavy (non-hydrogen) atoms. The molecule has 4 N–H and O–H groups in total. The minimum atomic E-state index is -1.25. The van der Waals surface area contributed by atoms with Gasteiger partial charge >= 0.3 is 11.9 Å². The van der Waals surface area contributed by atoms with Crippen LogP contribution in [0.3, 0.4) is 0 Å². The van der Waals surface area contributed by atoms with Crippen LogP contribution < -0.4 is 0 Å². The van der Waals surface area contributed by atoms with Gasteiger partial charge in [0, 0.05) is 12.1 Å². The quantitative estimate of drug-likeness (QED) is 0.271. The molecule has 3 aromatic heterocycles. The van der Waals surface area contributed by atoms with Crippen LogP contribution in [0.5, 0.6) is 11.5 Å². The van der Waals surface area contributed by atoms with Crippen LogP contribution in [0.2, 0.25) is 0 Å². The average Bonchev–Trinajstić information content (AvgIpc) is 3.54. The van der Waals surface area contributed by atoms with Crippen LogP contribution in [0.4, 0.5) is 0 Å². The number of phenols is 2. The Hall–Kier alpha value is -5.66. The Morgan fingerprint density at radius 3 is 1.33 bits per heavy atom. The average molecular weight is 486 g/mol. The van der Waals surface area contributed by atoms with Crippen LogP contribution in [0, 0.1) is 0 Å². The summed E-state index contributed by atoms with van der Waals surface area (Å²) in [4.78, 5) is 22.1. The molecule has 0 saturated carbocycles. The van der Waals surface area contributed by atoms with Gasteiger partial charge in [-0.05, 0) is 36.4 Å². The van der Waals surface area contributed by atoms with Gasteiger partial charge in [-0.25, -0.2) is 19.0 Å². The lowest BCUT2D eigenvalue weighted by Crippen LogP contribution is -2.00. The molecule has 0 aliphatic heterocycles. The van der Waals surface area contributed by atoms with Gasteiger partial charge in [-0.1, -0.05) is 10.4 Å². The Balaban J connectivity index is 1.36. The molecule has 5 aromatic rings. The number of aromatic nitrogens is 8. The highest BCUT2D eigenvalue weighted by molar-refractivity contribution is 5.91. The summed E-state index contributed by atoms with van der Waals surface area (Å²) in [5, 5.41) is 62.2. The molecule has 0 unspecified atom stereocenters. The third-order valence-electron chi connectivity index (χ3n) is 5.13. The molecule has 0 radical (unpaired) electrons. The molecule has 2 aromatic carbocycles. The van der Waals surface area contributed by atoms with E-state index in [0.717, 1.165) is 0 Å². The van der Waals surface area contributed by atoms with E-state index in [1.54, 1.807) is 24.5 Å². The van der Waals surface area contributed by atoms with Crippen LogP contribution in [-0.2, 0) is 0 Å². The lowest BCUT2D eigenvalue weighted by molar-refractivity contribution is 0.0682. The highest BCUT2D eigenvalue weighted by Gasteiger charge is 2.15. The minimum absolute atomic E-state index is 0.230. The summed E-state index contributed by atoms with van der Waals surface area (Å²) in [6.45, 7) is 0. The van der Waals surface area contributed by atoms with Crippen LogP contribution in [0.1, 0.15) is 20.7 Å². The molecule has 0 fully saturated rings. The molecule has 0 spiro atoms. The summed E-state index contributed by atoms with van der Waals surface area (Å²) in [5.41, 5.74) is 1.91. The molecule has 0 aliphatic rings. The molecule has 14 heteroatoms. The van der Waals surface area contributed by atoms with Crippen LogP contribution in [-0.4, -0.2) is 72.5 Å². The van der Waals surface area contributed by atoms with Crippen molar-refractivity contribution in [2.75, 3.05) is 0 Å². The molecular formula is C22H14N8O6. The summed E-state index contributed by atoms with van der Waals surface area (Å²) in [5.74, 6) is -3.30. The zero-order valence-corrected chi connectivity index (χ0v) is 18.0. The lowest BCUT2D eigenvalue weighted by Gasteiger charge is -2.03. The monoisotopic (exact) mass is 486 g/mol. The first-order valence-corrected chi connectivity index (χ1v) is 10.1. The molecule has 0 aliphatic carbocycles. The number of aromatic carboxylic acids is 2. The maximum atomic E-state index is 11.1. The van der Waals surface area contributed by atoms with E-state index in [2.05, 4.69) is 30.8 Å². The maximum absolute atomic E-state index is 11.1. The fourth-order valence-electron chi connectivity index (χ4n) is 3.31. The van der Waals surface area contributed by atoms with Crippen molar-refractivity contribution in [1.82, 2.24) is 40.2 Å². The summed E-state index contributed by atoms with van der Waals surface area (Å²) in [6.07, 6.45) is 3.09. The summed E-state index contributed by atoms with van der Waals surface area (Å²) in [6, 6.07) is 11.3. The zero-order valence-electron chi connectivity index (χ0n) is 18.0. The standard InChI is InChI=1S/C22H14N8O6/c31-19-7-11(1-3-13(19)21(33)34)29-9-17(25-27-29)15-5-6-16(24-23-15)18-10-30(28-26-18)12-2-4-14(22(35)36)20(32)8-12/h1-10,31-32H,(H,33,34)(H,35,36). The maximum Gasteiger partial charge on any atom is 0.339 e. The van der Waals surface area contributed by atoms with Crippen LogP contribution in [0.15, 0.2) is 60.9 Å². The molecular weight excluding hydrogens is 472 g/mol. The molecule has 0 amide bonds. The van der Waals surface area contributed by atoms with Gasteiger partial charge in [-0.2, -0.15) is 0 Å². The van der Waals surface area contributed by atoms with Gasteiger partial charge in [0.15, 0.2) is 0 Å². The molecule has 5 rings (SSSR count). The van der Waals surface area contributed by atoms with Gasteiger partial charge in [0.1, 0.15) is 45.4 Å². The van der Waals surface area contributed by atoms with Gasteiger partial charge in [0.2, 0.25) is 0 Å². The van der Waals surface area contributed by atoms with Gasteiger partial charge in [-0.15, -0.1) is 20.4 Å². The number of benzene rings is 2. The number of rotatable bonds is 6. The number of carboxylic acids is 2. The lowest BCUT2D eigenvalue weighted by atomic mass is 10.2. The Morgan fingerprint density at radius 2 is 1.00 bits per heavy atom. The van der Waals surface area contributed by atoms with Crippen molar-refractivity contribution in [1.29, 1.82) is 0 Å². The smallest absolute Gasteiger partial charge is 0.339 e. The summed E-state index contributed by atoms with van der Waals surface area (Å²) < 4.78 is 2.71. The summed E-state index contributed by atoms with van der Waals surface area (Å²) in [7, 11) is 0. The SMILES string of the molecule is O=C(O)c1ccc(-n2cc(-c3ccc(-c4cn(-c5ccc(C(=O)O)c(O)c5)nn4)nn3)nn2)cc1O. The molecule has 0 bridgehead atoms. The molecule has 14 nitrogen and oxygen atoms in total. The molecule has 178 valence electrons. The number of nitrogens with zero attached hydrogens (tertiary/aromatic N) is 8. The van der Waals surface area contributed by atoms with Gasteiger partial charge in [-0.3, -0.25) is 0 Å². The number of carboxylic acid groups (broad SMARTS) is 2. The Morgan fingerprint density at radius 1 is 0.583 bits per heavy atom. The van der Waals surface area contributed by atoms with E-state index in [-0.39, 0.29) is 11.1 Å². The van der Waals surface area contributed by atoms with Crippen LogP contribution >= 0.6 is 0 Å². The van der Waals surface area contributed by atoms with Gasteiger partial charge in [0.05, 0.1) is 23.8 Å². The second-order valence-corrected chi connectivity index (χ2v) is 7.41. The van der Waals surface area contributed by atoms with E-state index in [1.807, 2.05) is 0 Å². The van der Waals surface area contributed by atoms with Crippen molar-refractivity contribution in [2.45, 2.75) is 0 Å². The van der Waals surface area contributed by atoms with Crippen molar-refractivity contribution in [3.8, 4) is 45.6 Å². The Kier molecular flexibility index (Phi) is 5.29. The van der Waals surface area contributed by atoms with E-state index in [4.69, 9.17) is 10.2 Å². The number of carbonyl (C=O) groups is 2. The van der Waals surface area contributed by atoms with E-state index in [0.29, 0.717) is 34.2 Å². The molecule has 3 heterocycles. The predicted octanol–water partition coefficient (Wildman–Crippen LogP) is 1.78. The largest absolute Gasteiger partial charge is 0.507 e. The van der Waals surface area contributed by atoms with Crippen LogP contribution in [0.25, 0.3) is 34.2 Å². The van der Waals surface area contributed by atoms with E-state index in [9.17, 15) is 19.8 Å². The minimum Gasteiger partial charge on any atom is -0.507 e.